The lowest BCUT2D eigenvalue weighted by Crippen LogP contribution is -2.34. The van der Waals surface area contributed by atoms with Gasteiger partial charge in [0.05, 0.1) is 4.90 Å². The predicted octanol–water partition coefficient (Wildman–Crippen LogP) is 2.59. The molecule has 2 aromatic carbocycles. The van der Waals surface area contributed by atoms with Gasteiger partial charge in [-0.3, -0.25) is 4.79 Å². The maximum Gasteiger partial charge on any atom is 0.244 e. The van der Waals surface area contributed by atoms with E-state index < -0.39 is 10.0 Å². The third-order valence-electron chi connectivity index (χ3n) is 3.12. The highest BCUT2D eigenvalue weighted by molar-refractivity contribution is 7.89. The zero-order chi connectivity index (χ0) is 18.3. The Hall–Kier alpha value is -2.22. The first-order valence-electron chi connectivity index (χ1n) is 7.33. The Labute approximate surface area is 150 Å². The van der Waals surface area contributed by atoms with Crippen molar-refractivity contribution in [1.29, 1.82) is 0 Å². The SMILES string of the molecule is O=C(/C=C/c1ccc(F)cc1)NCCNS(=O)(=O)c1cccc(Cl)c1. The molecular formula is C17H16ClFN2O3S. The summed E-state index contributed by atoms with van der Waals surface area (Å²) in [5, 5.41) is 2.87. The fourth-order valence-electron chi connectivity index (χ4n) is 1.89. The van der Waals surface area contributed by atoms with Crippen molar-refractivity contribution < 1.29 is 17.6 Å². The highest BCUT2D eigenvalue weighted by atomic mass is 35.5. The summed E-state index contributed by atoms with van der Waals surface area (Å²) in [6.45, 7) is 0.150. The number of hydrogen-bond donors (Lipinski definition) is 2. The van der Waals surface area contributed by atoms with Gasteiger partial charge in [0.25, 0.3) is 0 Å². The van der Waals surface area contributed by atoms with Crippen molar-refractivity contribution in [3.63, 3.8) is 0 Å². The number of carbonyl (C=O) groups is 1. The number of rotatable bonds is 7. The molecule has 0 aromatic heterocycles. The topological polar surface area (TPSA) is 75.3 Å². The molecule has 2 aromatic rings. The first-order chi connectivity index (χ1) is 11.9. The lowest BCUT2D eigenvalue weighted by molar-refractivity contribution is -0.116. The summed E-state index contributed by atoms with van der Waals surface area (Å²) in [5.74, 6) is -0.736. The van der Waals surface area contributed by atoms with Crippen molar-refractivity contribution in [3.8, 4) is 0 Å². The Morgan fingerprint density at radius 3 is 2.52 bits per heavy atom. The van der Waals surface area contributed by atoms with Crippen LogP contribution in [-0.4, -0.2) is 27.4 Å². The smallest absolute Gasteiger partial charge is 0.244 e. The van der Waals surface area contributed by atoms with E-state index >= 15 is 0 Å². The highest BCUT2D eigenvalue weighted by Gasteiger charge is 2.13. The van der Waals surface area contributed by atoms with E-state index in [0.717, 1.165) is 0 Å². The van der Waals surface area contributed by atoms with Gasteiger partial charge < -0.3 is 5.32 Å². The minimum atomic E-state index is -3.68. The first kappa shape index (κ1) is 19.1. The predicted molar refractivity (Wildman–Crippen MR) is 95.1 cm³/mol. The molecule has 0 aliphatic heterocycles. The second-order valence-electron chi connectivity index (χ2n) is 5.03. The summed E-state index contributed by atoms with van der Waals surface area (Å²) in [7, 11) is -3.68. The summed E-state index contributed by atoms with van der Waals surface area (Å²) in [4.78, 5) is 11.7. The highest BCUT2D eigenvalue weighted by Crippen LogP contribution is 2.14. The molecular weight excluding hydrogens is 367 g/mol. The van der Waals surface area contributed by atoms with Crippen LogP contribution in [-0.2, 0) is 14.8 Å². The molecule has 0 spiro atoms. The third kappa shape index (κ3) is 6.30. The van der Waals surface area contributed by atoms with E-state index in [1.165, 1.54) is 48.6 Å². The number of benzene rings is 2. The van der Waals surface area contributed by atoms with Crippen LogP contribution in [0.2, 0.25) is 5.02 Å². The molecule has 0 bridgehead atoms. The maximum atomic E-state index is 12.8. The van der Waals surface area contributed by atoms with Gasteiger partial charge in [-0.2, -0.15) is 0 Å². The van der Waals surface area contributed by atoms with Crippen LogP contribution in [0.4, 0.5) is 4.39 Å². The van der Waals surface area contributed by atoms with E-state index in [-0.39, 0.29) is 29.7 Å². The number of nitrogens with one attached hydrogen (secondary N) is 2. The van der Waals surface area contributed by atoms with Gasteiger partial charge >= 0.3 is 0 Å². The molecule has 1 amide bonds. The Morgan fingerprint density at radius 2 is 1.84 bits per heavy atom. The molecule has 0 heterocycles. The van der Waals surface area contributed by atoms with Gasteiger partial charge in [0, 0.05) is 24.2 Å². The molecule has 8 heteroatoms. The van der Waals surface area contributed by atoms with E-state index in [0.29, 0.717) is 10.6 Å². The van der Waals surface area contributed by atoms with Crippen LogP contribution < -0.4 is 10.0 Å². The van der Waals surface area contributed by atoms with Gasteiger partial charge in [0.1, 0.15) is 5.82 Å². The second kappa shape index (κ2) is 8.75. The van der Waals surface area contributed by atoms with Crippen LogP contribution in [0.25, 0.3) is 6.08 Å². The van der Waals surface area contributed by atoms with Crippen LogP contribution in [0.15, 0.2) is 59.5 Å². The van der Waals surface area contributed by atoms with Crippen molar-refractivity contribution in [2.24, 2.45) is 0 Å². The summed E-state index contributed by atoms with van der Waals surface area (Å²) in [5.41, 5.74) is 0.679. The molecule has 0 aliphatic rings. The number of carbonyl (C=O) groups excluding carboxylic acids is 1. The maximum absolute atomic E-state index is 12.8. The van der Waals surface area contributed by atoms with Crippen LogP contribution in [0, 0.1) is 5.82 Å². The molecule has 0 aliphatic carbocycles. The number of halogens is 2. The molecule has 2 rings (SSSR count). The van der Waals surface area contributed by atoms with E-state index in [4.69, 9.17) is 11.6 Å². The fourth-order valence-corrected chi connectivity index (χ4v) is 3.23. The van der Waals surface area contributed by atoms with E-state index in [1.807, 2.05) is 0 Å². The molecule has 0 saturated heterocycles. The van der Waals surface area contributed by atoms with E-state index in [9.17, 15) is 17.6 Å². The Kier molecular flexibility index (Phi) is 6.69. The summed E-state index contributed by atoms with van der Waals surface area (Å²) < 4.78 is 39.2. The van der Waals surface area contributed by atoms with Crippen molar-refractivity contribution >= 4 is 33.6 Å². The first-order valence-corrected chi connectivity index (χ1v) is 9.20. The largest absolute Gasteiger partial charge is 0.351 e. The molecule has 0 radical (unpaired) electrons. The average Bonchev–Trinajstić information content (AvgIpc) is 2.58. The van der Waals surface area contributed by atoms with Gasteiger partial charge in [-0.1, -0.05) is 29.8 Å². The zero-order valence-electron chi connectivity index (χ0n) is 13.1. The lowest BCUT2D eigenvalue weighted by atomic mass is 10.2. The zero-order valence-corrected chi connectivity index (χ0v) is 14.6. The van der Waals surface area contributed by atoms with Gasteiger partial charge in [-0.15, -0.1) is 0 Å². The molecule has 25 heavy (non-hydrogen) atoms. The molecule has 0 unspecified atom stereocenters. The van der Waals surface area contributed by atoms with E-state index in [1.54, 1.807) is 12.1 Å². The minimum absolute atomic E-state index is 0.0327. The van der Waals surface area contributed by atoms with Gasteiger partial charge in [-0.05, 0) is 42.0 Å². The van der Waals surface area contributed by atoms with E-state index in [2.05, 4.69) is 10.0 Å². The molecule has 0 saturated carbocycles. The lowest BCUT2D eigenvalue weighted by Gasteiger charge is -2.07. The number of amides is 1. The van der Waals surface area contributed by atoms with Gasteiger partial charge in [0.15, 0.2) is 0 Å². The average molecular weight is 383 g/mol. The quantitative estimate of drug-likeness (QED) is 0.571. The van der Waals surface area contributed by atoms with Crippen LogP contribution >= 0.6 is 11.6 Å². The monoisotopic (exact) mass is 382 g/mol. The summed E-state index contributed by atoms with van der Waals surface area (Å²) >= 11 is 5.77. The van der Waals surface area contributed by atoms with Crippen LogP contribution in [0.3, 0.4) is 0 Å². The fraction of sp³-hybridized carbons (Fsp3) is 0.118. The molecule has 0 atom stereocenters. The van der Waals surface area contributed by atoms with Gasteiger partial charge in [-0.25, -0.2) is 17.5 Å². The third-order valence-corrected chi connectivity index (χ3v) is 4.81. The van der Waals surface area contributed by atoms with Crippen molar-refractivity contribution in [2.45, 2.75) is 4.90 Å². The molecule has 2 N–H and O–H groups in total. The van der Waals surface area contributed by atoms with Crippen molar-refractivity contribution in [3.05, 3.63) is 71.0 Å². The second-order valence-corrected chi connectivity index (χ2v) is 7.23. The molecule has 132 valence electrons. The Balaban J connectivity index is 1.78. The van der Waals surface area contributed by atoms with Crippen LogP contribution in [0.5, 0.6) is 0 Å². The number of hydrogen-bond acceptors (Lipinski definition) is 3. The minimum Gasteiger partial charge on any atom is -0.351 e. The Morgan fingerprint density at radius 1 is 1.12 bits per heavy atom. The normalized spacial score (nSPS) is 11.6. The standard InChI is InChI=1S/C17H16ClFN2O3S/c18-14-2-1-3-16(12-14)25(23,24)21-11-10-20-17(22)9-6-13-4-7-15(19)8-5-13/h1-9,12,21H,10-11H2,(H,20,22)/b9-6+. The van der Waals surface area contributed by atoms with Gasteiger partial charge in [0.2, 0.25) is 15.9 Å². The van der Waals surface area contributed by atoms with Crippen molar-refractivity contribution in [2.75, 3.05) is 13.1 Å². The molecule has 5 nitrogen and oxygen atoms in total. The molecule has 0 fully saturated rings. The van der Waals surface area contributed by atoms with Crippen LogP contribution in [0.1, 0.15) is 5.56 Å². The van der Waals surface area contributed by atoms with Crippen molar-refractivity contribution in [1.82, 2.24) is 10.0 Å². The summed E-state index contributed by atoms with van der Waals surface area (Å²) in [6, 6.07) is 11.6. The number of sulfonamides is 1. The Bertz CT molecular complexity index is 868. The summed E-state index contributed by atoms with van der Waals surface area (Å²) in [6.07, 6.45) is 2.82.